The van der Waals surface area contributed by atoms with E-state index in [2.05, 4.69) is 27.5 Å². The van der Waals surface area contributed by atoms with Gasteiger partial charge in [0.1, 0.15) is 17.4 Å². The molecule has 0 spiro atoms. The summed E-state index contributed by atoms with van der Waals surface area (Å²) in [6, 6.07) is 9.02. The second-order valence-corrected chi connectivity index (χ2v) is 13.5. The number of aliphatic hydroxyl groups excluding tert-OH is 2. The Bertz CT molecular complexity index is 1400. The summed E-state index contributed by atoms with van der Waals surface area (Å²) in [5.74, 6) is -1.40. The van der Waals surface area contributed by atoms with Crippen LogP contribution in [0.3, 0.4) is 0 Å². The molecular weight excluding hydrogens is 534 g/mol. The smallest absolute Gasteiger partial charge is 0.340 e. The Morgan fingerprint density at radius 3 is 2.67 bits per heavy atom. The number of halogens is 1. The number of nitrogens with one attached hydrogen (secondary N) is 1. The van der Waals surface area contributed by atoms with Gasteiger partial charge in [-0.15, -0.1) is 0 Å². The van der Waals surface area contributed by atoms with Gasteiger partial charge in [-0.25, -0.2) is 9.67 Å². The number of nitrogens with zero attached hydrogens (tertiary/aromatic N) is 3. The molecule has 0 aliphatic heterocycles. The molecule has 2 aromatic heterocycles. The number of aliphatic hydroxyl groups is 2. The van der Waals surface area contributed by atoms with Crippen LogP contribution in [-0.2, 0) is 20.1 Å². The molecule has 0 radical (unpaired) electrons. The van der Waals surface area contributed by atoms with Gasteiger partial charge in [0.05, 0.1) is 35.5 Å². The maximum absolute atomic E-state index is 12.2. The molecule has 15 heteroatoms. The van der Waals surface area contributed by atoms with E-state index in [9.17, 15) is 24.2 Å². The van der Waals surface area contributed by atoms with Gasteiger partial charge in [0, 0.05) is 6.42 Å². The second-order valence-electron chi connectivity index (χ2n) is 9.13. The summed E-state index contributed by atoms with van der Waals surface area (Å²) < 4.78 is 29.7. The topological polar surface area (TPSA) is 187 Å². The number of pyridine rings is 1. The van der Waals surface area contributed by atoms with E-state index in [4.69, 9.17) is 25.9 Å². The third kappa shape index (κ3) is 5.11. The molecule has 12 nitrogen and oxygen atoms in total. The number of fused-ring (bicyclic) bond motifs is 2. The molecule has 2 aliphatic rings. The summed E-state index contributed by atoms with van der Waals surface area (Å²) in [5, 5.41) is 29.8. The van der Waals surface area contributed by atoms with Crippen LogP contribution in [-0.4, -0.2) is 63.9 Å². The largest absolute Gasteiger partial charge is 0.388 e. The SMILES string of the molecule is O=P(O)(O)CP(=O)(O)O[C@H]1C[C@@H](n2ncc3c(NC4CCc5ccccc54)cc(Cl)nc32)[C@H](O)[C@@H]1O. The van der Waals surface area contributed by atoms with Gasteiger partial charge in [-0.3, -0.25) is 9.13 Å². The summed E-state index contributed by atoms with van der Waals surface area (Å²) in [6.07, 6.45) is -1.17. The number of hydrogen-bond acceptors (Lipinski definition) is 8. The van der Waals surface area contributed by atoms with Gasteiger partial charge in [-0.1, -0.05) is 35.9 Å². The summed E-state index contributed by atoms with van der Waals surface area (Å²) in [4.78, 5) is 32.3. The molecule has 5 rings (SSSR count). The van der Waals surface area contributed by atoms with Crippen LogP contribution in [0.15, 0.2) is 36.5 Å². The van der Waals surface area contributed by atoms with Crippen molar-refractivity contribution in [3.63, 3.8) is 0 Å². The highest BCUT2D eigenvalue weighted by molar-refractivity contribution is 7.70. The molecule has 6 atom stereocenters. The zero-order valence-electron chi connectivity index (χ0n) is 18.8. The van der Waals surface area contributed by atoms with Crippen molar-refractivity contribution in [1.82, 2.24) is 14.8 Å². The first-order valence-corrected chi connectivity index (χ1v) is 15.1. The highest BCUT2D eigenvalue weighted by Crippen LogP contribution is 2.57. The van der Waals surface area contributed by atoms with Crippen LogP contribution in [0.1, 0.15) is 36.1 Å². The number of aromatic nitrogens is 3. The van der Waals surface area contributed by atoms with Crippen molar-refractivity contribution in [3.05, 3.63) is 52.8 Å². The standard InChI is InChI=1S/C21H25ClN4O8P2/c22-18-7-15(24-14-6-5-11-3-1-2-4-12(11)14)13-9-23-26(21(13)25-18)16-8-17(20(28)19(16)27)34-36(32,33)10-35(29,30)31/h1-4,7,9,14,16-17,19-20,27-28H,5-6,8,10H2,(H,24,25)(H,32,33)(H2,29,30,31)/t14?,16-,17+,19+,20-/m1/s1. The number of benzene rings is 1. The van der Waals surface area contributed by atoms with Gasteiger partial charge in [0.15, 0.2) is 11.6 Å². The van der Waals surface area contributed by atoms with Crippen LogP contribution in [0, 0.1) is 0 Å². The molecule has 2 unspecified atom stereocenters. The Morgan fingerprint density at radius 1 is 1.17 bits per heavy atom. The Labute approximate surface area is 210 Å². The fourth-order valence-corrected chi connectivity index (χ4v) is 7.99. The molecule has 2 aliphatic carbocycles. The van der Waals surface area contributed by atoms with Gasteiger partial charge < -0.3 is 34.7 Å². The molecule has 0 bridgehead atoms. The normalized spacial score (nSPS) is 27.8. The quantitative estimate of drug-likeness (QED) is 0.185. The Kier molecular flexibility index (Phi) is 6.78. The number of anilines is 1. The zero-order chi connectivity index (χ0) is 25.8. The molecule has 36 heavy (non-hydrogen) atoms. The highest BCUT2D eigenvalue weighted by atomic mass is 35.5. The predicted octanol–water partition coefficient (Wildman–Crippen LogP) is 2.56. The maximum Gasteiger partial charge on any atom is 0.340 e. The van der Waals surface area contributed by atoms with Crippen LogP contribution in [0.5, 0.6) is 0 Å². The predicted molar refractivity (Wildman–Crippen MR) is 131 cm³/mol. The first kappa shape index (κ1) is 25.8. The van der Waals surface area contributed by atoms with Crippen LogP contribution in [0.4, 0.5) is 5.69 Å². The summed E-state index contributed by atoms with van der Waals surface area (Å²) >= 11 is 6.31. The fraction of sp³-hybridized carbons (Fsp3) is 0.429. The molecule has 1 fully saturated rings. The molecule has 194 valence electrons. The van der Waals surface area contributed by atoms with Crippen LogP contribution >= 0.6 is 26.8 Å². The summed E-state index contributed by atoms with van der Waals surface area (Å²) in [6.45, 7) is 0. The number of aryl methyl sites for hydroxylation is 1. The molecule has 0 amide bonds. The van der Waals surface area contributed by atoms with Gasteiger partial charge in [-0.05, 0) is 30.0 Å². The van der Waals surface area contributed by atoms with Gasteiger partial charge in [-0.2, -0.15) is 5.10 Å². The average molecular weight is 559 g/mol. The molecule has 1 saturated carbocycles. The average Bonchev–Trinajstić information content (AvgIpc) is 3.45. The molecule has 0 saturated heterocycles. The van der Waals surface area contributed by atoms with Crippen molar-refractivity contribution in [3.8, 4) is 0 Å². The highest BCUT2D eigenvalue weighted by Gasteiger charge is 2.47. The zero-order valence-corrected chi connectivity index (χ0v) is 21.3. The Balaban J connectivity index is 1.41. The molecule has 3 aromatic rings. The van der Waals surface area contributed by atoms with Crippen molar-refractivity contribution in [2.24, 2.45) is 0 Å². The van der Waals surface area contributed by atoms with Gasteiger partial charge in [0.25, 0.3) is 0 Å². The van der Waals surface area contributed by atoms with Crippen molar-refractivity contribution in [1.29, 1.82) is 0 Å². The lowest BCUT2D eigenvalue weighted by Gasteiger charge is -2.20. The minimum Gasteiger partial charge on any atom is -0.388 e. The fourth-order valence-electron chi connectivity index (χ4n) is 5.04. The van der Waals surface area contributed by atoms with E-state index in [0.29, 0.717) is 16.7 Å². The lowest BCUT2D eigenvalue weighted by atomic mass is 10.1. The van der Waals surface area contributed by atoms with E-state index >= 15 is 0 Å². The molecule has 6 N–H and O–H groups in total. The van der Waals surface area contributed by atoms with E-state index in [-0.39, 0.29) is 17.6 Å². The van der Waals surface area contributed by atoms with Crippen LogP contribution < -0.4 is 5.32 Å². The van der Waals surface area contributed by atoms with Crippen molar-refractivity contribution in [2.75, 3.05) is 11.2 Å². The van der Waals surface area contributed by atoms with Gasteiger partial charge in [0.2, 0.25) is 0 Å². The van der Waals surface area contributed by atoms with E-state index in [0.717, 1.165) is 12.8 Å². The Hall–Kier alpha value is -1.85. The third-order valence-electron chi connectivity index (χ3n) is 6.57. The Morgan fingerprint density at radius 2 is 1.92 bits per heavy atom. The third-order valence-corrected chi connectivity index (χ3v) is 10.3. The van der Waals surface area contributed by atoms with Crippen LogP contribution in [0.2, 0.25) is 5.15 Å². The number of hydrogen-bond donors (Lipinski definition) is 6. The van der Waals surface area contributed by atoms with E-state index in [1.54, 1.807) is 12.3 Å². The lowest BCUT2D eigenvalue weighted by Crippen LogP contribution is -2.32. The first-order chi connectivity index (χ1) is 16.9. The minimum absolute atomic E-state index is 0.0654. The van der Waals surface area contributed by atoms with Crippen molar-refractivity contribution in [2.45, 2.75) is 49.7 Å². The first-order valence-electron chi connectivity index (χ1n) is 11.2. The van der Waals surface area contributed by atoms with Gasteiger partial charge >= 0.3 is 15.2 Å². The molecule has 1 aromatic carbocycles. The van der Waals surface area contributed by atoms with Crippen molar-refractivity contribution < 1.29 is 38.5 Å². The lowest BCUT2D eigenvalue weighted by molar-refractivity contribution is -0.0195. The number of rotatable bonds is 7. The van der Waals surface area contributed by atoms with E-state index in [1.807, 2.05) is 12.1 Å². The second kappa shape index (κ2) is 9.47. The minimum atomic E-state index is -4.85. The summed E-state index contributed by atoms with van der Waals surface area (Å²) in [5.41, 5.74) is 3.50. The van der Waals surface area contributed by atoms with E-state index < -0.39 is 45.4 Å². The summed E-state index contributed by atoms with van der Waals surface area (Å²) in [7, 11) is -9.60. The van der Waals surface area contributed by atoms with Crippen molar-refractivity contribution >= 4 is 43.5 Å². The van der Waals surface area contributed by atoms with E-state index in [1.165, 1.54) is 15.8 Å². The molecular formula is C21H25ClN4O8P2. The van der Waals surface area contributed by atoms with Crippen LogP contribution in [0.25, 0.3) is 11.0 Å². The molecule has 2 heterocycles. The monoisotopic (exact) mass is 558 g/mol. The maximum atomic E-state index is 12.2.